The first kappa shape index (κ1) is 17.6. The Balaban J connectivity index is 1.61. The summed E-state index contributed by atoms with van der Waals surface area (Å²) in [4.78, 5) is 4.55. The van der Waals surface area contributed by atoms with Crippen LogP contribution in [0.2, 0.25) is 0 Å². The Bertz CT molecular complexity index is 1070. The highest BCUT2D eigenvalue weighted by molar-refractivity contribution is 5.49. The van der Waals surface area contributed by atoms with Crippen LogP contribution in [0.5, 0.6) is 0 Å². The van der Waals surface area contributed by atoms with Crippen molar-refractivity contribution in [2.75, 3.05) is 6.61 Å². The van der Waals surface area contributed by atoms with Gasteiger partial charge in [-0.15, -0.1) is 0 Å². The average Bonchev–Trinajstić information content (AvgIpc) is 3.42. The lowest BCUT2D eigenvalue weighted by Gasteiger charge is -2.24. The SMILES string of the molecule is CC(C)(CO)c1cnc([C@]23CC[C@@H](C2)c2c3cnn2-c2ccc(F)cc2F)o1. The second-order valence-corrected chi connectivity index (χ2v) is 8.54. The minimum Gasteiger partial charge on any atom is -0.444 e. The first-order valence-corrected chi connectivity index (χ1v) is 9.47. The Morgan fingerprint density at radius 2 is 2.14 bits per heavy atom. The number of nitrogens with zero attached hydrogens (tertiary/aromatic N) is 3. The van der Waals surface area contributed by atoms with Crippen molar-refractivity contribution in [1.29, 1.82) is 0 Å². The summed E-state index contributed by atoms with van der Waals surface area (Å²) < 4.78 is 35.4. The van der Waals surface area contributed by atoms with E-state index in [0.29, 0.717) is 11.7 Å². The summed E-state index contributed by atoms with van der Waals surface area (Å²) in [5.41, 5.74) is 1.32. The van der Waals surface area contributed by atoms with Gasteiger partial charge >= 0.3 is 0 Å². The van der Waals surface area contributed by atoms with E-state index in [2.05, 4.69) is 10.1 Å². The molecule has 0 amide bonds. The van der Waals surface area contributed by atoms with Gasteiger partial charge in [0, 0.05) is 23.0 Å². The normalized spacial score (nSPS) is 23.4. The van der Waals surface area contributed by atoms with Crippen LogP contribution in [0.1, 0.15) is 61.9 Å². The van der Waals surface area contributed by atoms with Gasteiger partial charge < -0.3 is 9.52 Å². The van der Waals surface area contributed by atoms with Gasteiger partial charge in [-0.3, -0.25) is 0 Å². The van der Waals surface area contributed by atoms with Crippen LogP contribution in [0, 0.1) is 11.6 Å². The van der Waals surface area contributed by atoms with Gasteiger partial charge in [-0.25, -0.2) is 18.4 Å². The fraction of sp³-hybridized carbons (Fsp3) is 0.429. The Kier molecular flexibility index (Phi) is 3.59. The van der Waals surface area contributed by atoms with Crippen molar-refractivity contribution in [3.8, 4) is 5.69 Å². The fourth-order valence-corrected chi connectivity index (χ4v) is 4.68. The molecule has 28 heavy (non-hydrogen) atoms. The molecule has 1 fully saturated rings. The quantitative estimate of drug-likeness (QED) is 0.738. The van der Waals surface area contributed by atoms with Crippen molar-refractivity contribution in [3.05, 3.63) is 65.1 Å². The zero-order valence-electron chi connectivity index (χ0n) is 15.7. The molecule has 2 aliphatic rings. The topological polar surface area (TPSA) is 64.1 Å². The summed E-state index contributed by atoms with van der Waals surface area (Å²) in [6.45, 7) is 3.77. The van der Waals surface area contributed by atoms with Crippen LogP contribution in [-0.4, -0.2) is 26.5 Å². The molecule has 0 radical (unpaired) electrons. The van der Waals surface area contributed by atoms with Crippen LogP contribution in [-0.2, 0) is 10.8 Å². The van der Waals surface area contributed by atoms with Crippen molar-refractivity contribution in [2.24, 2.45) is 0 Å². The lowest BCUT2D eigenvalue weighted by Crippen LogP contribution is -2.23. The monoisotopic (exact) mass is 385 g/mol. The molecule has 0 aliphatic heterocycles. The Morgan fingerprint density at radius 1 is 1.32 bits per heavy atom. The minimum absolute atomic E-state index is 0.0374. The van der Waals surface area contributed by atoms with Crippen molar-refractivity contribution in [3.63, 3.8) is 0 Å². The number of hydrogen-bond acceptors (Lipinski definition) is 4. The third kappa shape index (κ3) is 2.25. The molecule has 2 aliphatic carbocycles. The molecule has 5 rings (SSSR count). The van der Waals surface area contributed by atoms with Gasteiger partial charge in [-0.2, -0.15) is 5.10 Å². The summed E-state index contributed by atoms with van der Waals surface area (Å²) in [5.74, 6) is 0.258. The molecule has 2 bridgehead atoms. The minimum atomic E-state index is -0.633. The van der Waals surface area contributed by atoms with Crippen LogP contribution < -0.4 is 0 Å². The molecule has 146 valence electrons. The molecule has 0 spiro atoms. The van der Waals surface area contributed by atoms with E-state index >= 15 is 0 Å². The molecule has 0 saturated heterocycles. The summed E-state index contributed by atoms with van der Waals surface area (Å²) in [7, 11) is 0. The number of aliphatic hydroxyl groups excluding tert-OH is 1. The van der Waals surface area contributed by atoms with E-state index in [-0.39, 0.29) is 23.6 Å². The molecule has 5 nitrogen and oxygen atoms in total. The third-order valence-corrected chi connectivity index (χ3v) is 6.34. The maximum Gasteiger partial charge on any atom is 0.205 e. The maximum absolute atomic E-state index is 14.4. The van der Waals surface area contributed by atoms with Gasteiger partial charge in [0.15, 0.2) is 5.82 Å². The van der Waals surface area contributed by atoms with Crippen LogP contribution in [0.4, 0.5) is 8.78 Å². The number of hydrogen-bond donors (Lipinski definition) is 1. The fourth-order valence-electron chi connectivity index (χ4n) is 4.68. The van der Waals surface area contributed by atoms with Gasteiger partial charge in [0.25, 0.3) is 0 Å². The lowest BCUT2D eigenvalue weighted by atomic mass is 9.81. The predicted octanol–water partition coefficient (Wildman–Crippen LogP) is 3.98. The number of fused-ring (bicyclic) bond motifs is 5. The highest BCUT2D eigenvalue weighted by Crippen LogP contribution is 2.60. The molecule has 1 N–H and O–H groups in total. The largest absolute Gasteiger partial charge is 0.444 e. The molecule has 3 aromatic rings. The van der Waals surface area contributed by atoms with Crippen molar-refractivity contribution in [2.45, 2.75) is 49.9 Å². The summed E-state index contributed by atoms with van der Waals surface area (Å²) >= 11 is 0. The van der Waals surface area contributed by atoms with Gasteiger partial charge in [-0.05, 0) is 31.4 Å². The Morgan fingerprint density at radius 3 is 2.89 bits per heavy atom. The average molecular weight is 385 g/mol. The van der Waals surface area contributed by atoms with Crippen molar-refractivity contribution < 1.29 is 18.3 Å². The van der Waals surface area contributed by atoms with Crippen LogP contribution in [0.3, 0.4) is 0 Å². The van der Waals surface area contributed by atoms with Gasteiger partial charge in [0.1, 0.15) is 17.3 Å². The molecular formula is C21H21F2N3O2. The second kappa shape index (κ2) is 5.73. The van der Waals surface area contributed by atoms with E-state index in [1.165, 1.54) is 12.1 Å². The van der Waals surface area contributed by atoms with Gasteiger partial charge in [-0.1, -0.05) is 13.8 Å². The van der Waals surface area contributed by atoms with Crippen molar-refractivity contribution in [1.82, 2.24) is 14.8 Å². The van der Waals surface area contributed by atoms with E-state index in [1.54, 1.807) is 17.1 Å². The number of oxazole rings is 1. The lowest BCUT2D eigenvalue weighted by molar-refractivity contribution is 0.192. The van der Waals surface area contributed by atoms with E-state index in [0.717, 1.165) is 36.6 Å². The number of aromatic nitrogens is 3. The molecular weight excluding hydrogens is 364 g/mol. The molecule has 0 unspecified atom stereocenters. The summed E-state index contributed by atoms with van der Waals surface area (Å²) in [6, 6.07) is 3.54. The zero-order chi connectivity index (χ0) is 19.7. The summed E-state index contributed by atoms with van der Waals surface area (Å²) in [5, 5.41) is 14.0. The number of halogens is 2. The number of benzene rings is 1. The van der Waals surface area contributed by atoms with Crippen LogP contribution in [0.25, 0.3) is 5.69 Å². The van der Waals surface area contributed by atoms with Crippen molar-refractivity contribution >= 4 is 0 Å². The van der Waals surface area contributed by atoms with E-state index in [9.17, 15) is 13.9 Å². The van der Waals surface area contributed by atoms with Gasteiger partial charge in [0.05, 0.1) is 30.1 Å². The standard InChI is InChI=1S/C21H21F2N3O2/c1-20(2,11-27)17-10-24-19(28-17)21-6-5-12(8-21)18-14(21)9-25-26(18)16-4-3-13(22)7-15(16)23/h3-4,7,9-10,12,27H,5-6,8,11H2,1-2H3/t12-,21+/m0/s1. The van der Waals surface area contributed by atoms with E-state index in [4.69, 9.17) is 4.42 Å². The first-order chi connectivity index (χ1) is 13.4. The van der Waals surface area contributed by atoms with E-state index in [1.807, 2.05) is 13.8 Å². The number of rotatable bonds is 4. The molecule has 2 heterocycles. The Labute approximate surface area is 161 Å². The second-order valence-electron chi connectivity index (χ2n) is 8.54. The molecule has 2 aromatic heterocycles. The number of aliphatic hydroxyl groups is 1. The smallest absolute Gasteiger partial charge is 0.205 e. The Hall–Kier alpha value is -2.54. The maximum atomic E-state index is 14.4. The molecule has 7 heteroatoms. The van der Waals surface area contributed by atoms with Gasteiger partial charge in [0.2, 0.25) is 5.89 Å². The summed E-state index contributed by atoms with van der Waals surface area (Å²) in [6.07, 6.45) is 6.11. The highest BCUT2D eigenvalue weighted by Gasteiger charge is 2.55. The first-order valence-electron chi connectivity index (χ1n) is 9.47. The van der Waals surface area contributed by atoms with Crippen LogP contribution >= 0.6 is 0 Å². The van der Waals surface area contributed by atoms with E-state index < -0.39 is 17.0 Å². The highest BCUT2D eigenvalue weighted by atomic mass is 19.1. The molecule has 1 aromatic carbocycles. The predicted molar refractivity (Wildman–Crippen MR) is 97.5 cm³/mol. The molecule has 2 atom stereocenters. The third-order valence-electron chi connectivity index (χ3n) is 6.34. The molecule has 1 saturated carbocycles. The zero-order valence-corrected chi connectivity index (χ0v) is 15.7. The van der Waals surface area contributed by atoms with Crippen LogP contribution in [0.15, 0.2) is 35.0 Å².